The van der Waals surface area contributed by atoms with E-state index >= 15 is 0 Å². The molecule has 0 amide bonds. The summed E-state index contributed by atoms with van der Waals surface area (Å²) >= 11 is 0. The Hall–Kier alpha value is -3.12. The average Bonchev–Trinajstić information content (AvgIpc) is 3.72. The molecule has 8 heterocycles. The van der Waals surface area contributed by atoms with Gasteiger partial charge in [-0.1, -0.05) is 48.6 Å². The lowest BCUT2D eigenvalue weighted by Crippen LogP contribution is -2.83. The van der Waals surface area contributed by atoms with Crippen molar-refractivity contribution in [3.05, 3.63) is 107 Å². The molecule has 0 aromatic heterocycles. The summed E-state index contributed by atoms with van der Waals surface area (Å²) in [6.45, 7) is 9.36. The summed E-state index contributed by atoms with van der Waals surface area (Å²) < 4.78 is 11.0. The van der Waals surface area contributed by atoms with Gasteiger partial charge in [0.15, 0.2) is 11.4 Å². The molecule has 8 aliphatic heterocycles. The number of nitrogens with zero attached hydrogens (tertiary/aromatic N) is 4. The van der Waals surface area contributed by atoms with E-state index in [4.69, 9.17) is 4.74 Å². The van der Waals surface area contributed by atoms with Crippen LogP contribution in [0, 0.1) is 11.8 Å². The second kappa shape index (κ2) is 7.07. The standard InChI is InChI=1S/C40H44N4O/c1-5-25-23-43(3)17-15-37-29-11-7-10-14-34(29)42-22-32-28-20-36-38(16-18-44(36,4)24-26(28)6-2)30-12-8-9-13-33(30)41-21-31(27(25)19-35(37)43)39(37,42)45-40(32,38)41/h5-14,21-22,27-28,35-36H,15-20,23-24H2,1-4H3/q+2/b25-5-,26-6?/t27-,28-,35-,36-,37+,38+,39+,40+,43-,44-/m0/s1. The third-order valence-corrected chi connectivity index (χ3v) is 15.9. The molecule has 45 heavy (non-hydrogen) atoms. The quantitative estimate of drug-likeness (QED) is 0.270. The summed E-state index contributed by atoms with van der Waals surface area (Å²) in [5, 5.41) is 0. The minimum Gasteiger partial charge on any atom is -0.319 e. The molecule has 10 atom stereocenters. The normalized spacial score (nSPS) is 51.1. The van der Waals surface area contributed by atoms with Crippen molar-refractivity contribution in [2.75, 3.05) is 50.1 Å². The number of anilines is 2. The molecule has 6 bridgehead atoms. The van der Waals surface area contributed by atoms with Crippen LogP contribution in [0.5, 0.6) is 0 Å². The molecule has 4 saturated heterocycles. The van der Waals surface area contributed by atoms with Crippen LogP contribution in [0.1, 0.15) is 50.7 Å². The molecule has 2 aromatic rings. The van der Waals surface area contributed by atoms with Crippen molar-refractivity contribution < 1.29 is 13.7 Å². The van der Waals surface area contributed by atoms with Crippen LogP contribution in [0.2, 0.25) is 0 Å². The Balaban J connectivity index is 1.26. The van der Waals surface area contributed by atoms with Gasteiger partial charge in [-0.2, -0.15) is 0 Å². The topological polar surface area (TPSA) is 15.7 Å². The summed E-state index contributed by atoms with van der Waals surface area (Å²) in [6.07, 6.45) is 15.2. The zero-order valence-corrected chi connectivity index (χ0v) is 27.1. The second-order valence-electron chi connectivity index (χ2n) is 16.8. The molecular formula is C40H44N4O+2. The summed E-state index contributed by atoms with van der Waals surface area (Å²) in [6, 6.07) is 20.1. The molecule has 2 saturated carbocycles. The number of quaternary nitrogens is 2. The fourth-order valence-corrected chi connectivity index (χ4v) is 14.4. The highest BCUT2D eigenvalue weighted by Crippen LogP contribution is 2.79. The Bertz CT molecular complexity index is 1800. The van der Waals surface area contributed by atoms with E-state index in [2.05, 4.69) is 111 Å². The Kier molecular flexibility index (Phi) is 3.93. The van der Waals surface area contributed by atoms with Crippen LogP contribution in [-0.4, -0.2) is 72.8 Å². The minimum atomic E-state index is -0.502. The number of para-hydroxylation sites is 2. The molecule has 0 N–H and O–H groups in total. The molecule has 228 valence electrons. The smallest absolute Gasteiger partial charge is 0.188 e. The van der Waals surface area contributed by atoms with Gasteiger partial charge in [-0.05, 0) is 48.3 Å². The first-order chi connectivity index (χ1) is 21.8. The van der Waals surface area contributed by atoms with Gasteiger partial charge >= 0.3 is 0 Å². The second-order valence-corrected chi connectivity index (χ2v) is 16.8. The van der Waals surface area contributed by atoms with E-state index in [9.17, 15) is 0 Å². The van der Waals surface area contributed by atoms with Crippen molar-refractivity contribution in [1.29, 1.82) is 0 Å². The van der Waals surface area contributed by atoms with Gasteiger partial charge in [0.2, 0.25) is 0 Å². The van der Waals surface area contributed by atoms with Crippen molar-refractivity contribution in [1.82, 2.24) is 0 Å². The molecule has 5 nitrogen and oxygen atoms in total. The van der Waals surface area contributed by atoms with Crippen LogP contribution in [0.4, 0.5) is 11.4 Å². The summed E-state index contributed by atoms with van der Waals surface area (Å²) in [5.74, 6) is 0.841. The fourth-order valence-electron chi connectivity index (χ4n) is 14.4. The van der Waals surface area contributed by atoms with Crippen LogP contribution in [0.15, 0.2) is 95.4 Å². The first kappa shape index (κ1) is 25.0. The monoisotopic (exact) mass is 596 g/mol. The predicted octanol–water partition coefficient (Wildman–Crippen LogP) is 6.10. The molecule has 0 unspecified atom stereocenters. The van der Waals surface area contributed by atoms with Crippen LogP contribution in [0.3, 0.4) is 0 Å². The molecule has 6 fully saturated rings. The van der Waals surface area contributed by atoms with Gasteiger partial charge < -0.3 is 23.5 Å². The lowest BCUT2D eigenvalue weighted by molar-refractivity contribution is -0.925. The third kappa shape index (κ3) is 2.12. The van der Waals surface area contributed by atoms with E-state index in [-0.39, 0.29) is 10.8 Å². The van der Waals surface area contributed by atoms with E-state index in [0.29, 0.717) is 23.9 Å². The van der Waals surface area contributed by atoms with Crippen LogP contribution in [-0.2, 0) is 15.6 Å². The number of rotatable bonds is 0. The number of ether oxygens (including phenoxy) is 1. The maximum absolute atomic E-state index is 8.68. The van der Waals surface area contributed by atoms with Crippen LogP contribution < -0.4 is 9.80 Å². The van der Waals surface area contributed by atoms with Crippen LogP contribution in [0.25, 0.3) is 0 Å². The highest BCUT2D eigenvalue weighted by atomic mass is 16.6. The van der Waals surface area contributed by atoms with Crippen molar-refractivity contribution >= 4 is 11.4 Å². The first-order valence-corrected chi connectivity index (χ1v) is 17.7. The Labute approximate surface area is 266 Å². The van der Waals surface area contributed by atoms with Gasteiger partial charge in [-0.3, -0.25) is 0 Å². The minimum absolute atomic E-state index is 0.0640. The summed E-state index contributed by atoms with van der Waals surface area (Å²) in [5.41, 5.74) is 11.1. The van der Waals surface area contributed by atoms with Crippen molar-refractivity contribution in [2.45, 2.75) is 73.9 Å². The molecule has 5 heteroatoms. The Morgan fingerprint density at radius 2 is 1.13 bits per heavy atom. The molecule has 2 aromatic carbocycles. The predicted molar refractivity (Wildman–Crippen MR) is 176 cm³/mol. The number of benzene rings is 2. The van der Waals surface area contributed by atoms with Gasteiger partial charge in [0.25, 0.3) is 0 Å². The summed E-state index contributed by atoms with van der Waals surface area (Å²) in [7, 11) is 5.15. The van der Waals surface area contributed by atoms with Gasteiger partial charge in [-0.25, -0.2) is 0 Å². The van der Waals surface area contributed by atoms with E-state index in [1.165, 1.54) is 74.4 Å². The van der Waals surface area contributed by atoms with E-state index in [1.54, 1.807) is 22.3 Å². The molecule has 2 aliphatic carbocycles. The SMILES string of the molecule is CC=C1C[N@+]2(C)CC[C@@]34c5ccccc5N5C=C6[C@H]7C[C@H]8[C@@]9(CC[N@@+]8(C)C/C7=C/C)c7ccccc7N7C=C([C@H]1C[C@@H]32)[C@]54O[C@@]679. The average molecular weight is 597 g/mol. The number of piperidine rings is 2. The Morgan fingerprint density at radius 1 is 0.689 bits per heavy atom. The lowest BCUT2D eigenvalue weighted by Gasteiger charge is -2.70. The van der Waals surface area contributed by atoms with Gasteiger partial charge in [-0.15, -0.1) is 0 Å². The maximum atomic E-state index is 8.68. The number of fused-ring (bicyclic) bond motifs is 8. The number of allylic oxidation sites excluding steroid dienone is 2. The fraction of sp³-hybridized carbons (Fsp3) is 0.500. The zero-order chi connectivity index (χ0) is 29.9. The van der Waals surface area contributed by atoms with E-state index in [0.717, 1.165) is 8.97 Å². The summed E-state index contributed by atoms with van der Waals surface area (Å²) in [4.78, 5) is 5.48. The molecule has 10 aliphatic rings. The van der Waals surface area contributed by atoms with Crippen molar-refractivity contribution in [3.63, 3.8) is 0 Å². The largest absolute Gasteiger partial charge is 0.319 e. The van der Waals surface area contributed by atoms with E-state index < -0.39 is 11.4 Å². The Morgan fingerprint density at radius 3 is 1.58 bits per heavy atom. The first-order valence-electron chi connectivity index (χ1n) is 17.7. The third-order valence-electron chi connectivity index (χ3n) is 15.9. The number of hydrogen-bond acceptors (Lipinski definition) is 3. The number of hydrogen-bond donors (Lipinski definition) is 0. The lowest BCUT2D eigenvalue weighted by atomic mass is 9.51. The highest BCUT2D eigenvalue weighted by molar-refractivity contribution is 5.82. The molecule has 12 rings (SSSR count). The van der Waals surface area contributed by atoms with Gasteiger partial charge in [0, 0.05) is 72.4 Å². The molecular weight excluding hydrogens is 552 g/mol. The van der Waals surface area contributed by atoms with E-state index in [1.807, 2.05) is 0 Å². The van der Waals surface area contributed by atoms with Crippen LogP contribution >= 0.6 is 0 Å². The van der Waals surface area contributed by atoms with Crippen molar-refractivity contribution in [2.24, 2.45) is 11.8 Å². The van der Waals surface area contributed by atoms with Crippen molar-refractivity contribution in [3.8, 4) is 0 Å². The molecule has 4 spiro atoms. The molecule has 0 radical (unpaired) electrons. The van der Waals surface area contributed by atoms with Gasteiger partial charge in [0.1, 0.15) is 36.0 Å². The zero-order valence-electron chi connectivity index (χ0n) is 27.1. The van der Waals surface area contributed by atoms with Gasteiger partial charge in [0.05, 0.1) is 27.2 Å². The number of likely N-dealkylation sites (N-methyl/N-ethyl adjacent to an activating group) is 2. The maximum Gasteiger partial charge on any atom is 0.188 e. The highest BCUT2D eigenvalue weighted by Gasteiger charge is 2.88.